The van der Waals surface area contributed by atoms with Crippen molar-refractivity contribution in [3.8, 4) is 0 Å². The SMILES string of the molecule is CC(C)(C)OC(=O)N[C@H](CCBr)Cc1ccc(C(F)(F)F)cc1. The van der Waals surface area contributed by atoms with E-state index in [0.717, 1.165) is 17.7 Å². The Morgan fingerprint density at radius 1 is 1.22 bits per heavy atom. The fraction of sp³-hybridized carbons (Fsp3) is 0.562. The van der Waals surface area contributed by atoms with Crippen LogP contribution in [0.25, 0.3) is 0 Å². The van der Waals surface area contributed by atoms with Gasteiger partial charge in [0.25, 0.3) is 0 Å². The molecule has 0 fully saturated rings. The summed E-state index contributed by atoms with van der Waals surface area (Å²) in [5, 5.41) is 3.42. The number of ether oxygens (including phenoxy) is 1. The van der Waals surface area contributed by atoms with Gasteiger partial charge in [0.1, 0.15) is 5.60 Å². The largest absolute Gasteiger partial charge is 0.444 e. The van der Waals surface area contributed by atoms with Crippen molar-refractivity contribution in [2.24, 2.45) is 0 Å². The van der Waals surface area contributed by atoms with Gasteiger partial charge in [-0.2, -0.15) is 13.2 Å². The first kappa shape index (κ1) is 19.8. The minimum absolute atomic E-state index is 0.221. The van der Waals surface area contributed by atoms with E-state index < -0.39 is 23.4 Å². The van der Waals surface area contributed by atoms with E-state index in [1.54, 1.807) is 20.8 Å². The molecule has 0 saturated carbocycles. The molecule has 0 unspecified atom stereocenters. The number of alkyl carbamates (subject to hydrolysis) is 1. The lowest BCUT2D eigenvalue weighted by atomic mass is 10.0. The smallest absolute Gasteiger partial charge is 0.416 e. The second-order valence-electron chi connectivity index (χ2n) is 6.22. The molecule has 130 valence electrons. The number of amides is 1. The van der Waals surface area contributed by atoms with Crippen molar-refractivity contribution >= 4 is 22.0 Å². The Hall–Kier alpha value is -1.24. The molecule has 0 aromatic heterocycles. The normalized spacial score (nSPS) is 13.5. The highest BCUT2D eigenvalue weighted by Gasteiger charge is 2.30. The number of alkyl halides is 4. The Morgan fingerprint density at radius 2 is 1.78 bits per heavy atom. The predicted molar refractivity (Wildman–Crippen MR) is 86.7 cm³/mol. The van der Waals surface area contributed by atoms with Crippen LogP contribution in [-0.4, -0.2) is 23.1 Å². The Balaban J connectivity index is 2.70. The van der Waals surface area contributed by atoms with Gasteiger partial charge in [-0.25, -0.2) is 4.79 Å². The van der Waals surface area contributed by atoms with Crippen LogP contribution in [0.2, 0.25) is 0 Å². The van der Waals surface area contributed by atoms with Crippen molar-refractivity contribution in [3.63, 3.8) is 0 Å². The first-order valence-electron chi connectivity index (χ1n) is 7.23. The maximum atomic E-state index is 12.6. The highest BCUT2D eigenvalue weighted by Crippen LogP contribution is 2.29. The van der Waals surface area contributed by atoms with Gasteiger partial charge in [0.15, 0.2) is 0 Å². The minimum Gasteiger partial charge on any atom is -0.444 e. The molecule has 0 spiro atoms. The molecule has 1 aromatic carbocycles. The summed E-state index contributed by atoms with van der Waals surface area (Å²) < 4.78 is 42.9. The molecule has 0 bridgehead atoms. The van der Waals surface area contributed by atoms with Crippen LogP contribution >= 0.6 is 15.9 Å². The van der Waals surface area contributed by atoms with Gasteiger partial charge < -0.3 is 10.1 Å². The average molecular weight is 396 g/mol. The quantitative estimate of drug-likeness (QED) is 0.718. The molecular formula is C16H21BrF3NO2. The first-order chi connectivity index (χ1) is 10.5. The van der Waals surface area contributed by atoms with Gasteiger partial charge in [0, 0.05) is 11.4 Å². The number of halogens is 4. The highest BCUT2D eigenvalue weighted by atomic mass is 79.9. The van der Waals surface area contributed by atoms with Crippen LogP contribution in [0.3, 0.4) is 0 Å². The zero-order chi connectivity index (χ0) is 17.7. The Labute approximate surface area is 142 Å². The topological polar surface area (TPSA) is 38.3 Å². The van der Waals surface area contributed by atoms with Gasteiger partial charge in [-0.15, -0.1) is 0 Å². The summed E-state index contributed by atoms with van der Waals surface area (Å²) in [4.78, 5) is 11.8. The number of carbonyl (C=O) groups is 1. The van der Waals surface area contributed by atoms with Crippen molar-refractivity contribution < 1.29 is 22.7 Å². The molecule has 1 rings (SSSR count). The fourth-order valence-corrected chi connectivity index (χ4v) is 2.50. The van der Waals surface area contributed by atoms with Crippen LogP contribution in [-0.2, 0) is 17.3 Å². The van der Waals surface area contributed by atoms with Gasteiger partial charge in [-0.3, -0.25) is 0 Å². The van der Waals surface area contributed by atoms with Gasteiger partial charge in [-0.1, -0.05) is 28.1 Å². The van der Waals surface area contributed by atoms with Crippen LogP contribution in [0, 0.1) is 0 Å². The molecule has 3 nitrogen and oxygen atoms in total. The van der Waals surface area contributed by atoms with Gasteiger partial charge >= 0.3 is 12.3 Å². The third-order valence-corrected chi connectivity index (χ3v) is 3.40. The van der Waals surface area contributed by atoms with Crippen LogP contribution in [0.4, 0.5) is 18.0 Å². The van der Waals surface area contributed by atoms with Crippen LogP contribution in [0.5, 0.6) is 0 Å². The summed E-state index contributed by atoms with van der Waals surface area (Å²) >= 11 is 3.31. The summed E-state index contributed by atoms with van der Waals surface area (Å²) in [6, 6.07) is 4.74. The van der Waals surface area contributed by atoms with Gasteiger partial charge in [0.05, 0.1) is 5.56 Å². The van der Waals surface area contributed by atoms with E-state index in [-0.39, 0.29) is 6.04 Å². The summed E-state index contributed by atoms with van der Waals surface area (Å²) in [5.41, 5.74) is -0.560. The van der Waals surface area contributed by atoms with Crippen LogP contribution < -0.4 is 5.32 Å². The van der Waals surface area contributed by atoms with Crippen molar-refractivity contribution in [2.75, 3.05) is 5.33 Å². The molecule has 0 radical (unpaired) electrons. The third kappa shape index (κ3) is 7.72. The fourth-order valence-electron chi connectivity index (χ4n) is 1.95. The molecular weight excluding hydrogens is 375 g/mol. The van der Waals surface area contributed by atoms with E-state index in [2.05, 4.69) is 21.2 Å². The maximum Gasteiger partial charge on any atom is 0.416 e. The standard InChI is InChI=1S/C16H21BrF3NO2/c1-15(2,3)23-14(22)21-13(8-9-17)10-11-4-6-12(7-5-11)16(18,19)20/h4-7,13H,8-10H2,1-3H3,(H,21,22)/t13-/m1/s1. The van der Waals surface area contributed by atoms with E-state index in [0.29, 0.717) is 18.2 Å². The highest BCUT2D eigenvalue weighted by molar-refractivity contribution is 9.09. The Bertz CT molecular complexity index is 510. The molecule has 1 atom stereocenters. The van der Waals surface area contributed by atoms with E-state index >= 15 is 0 Å². The Kier molecular flexibility index (Phi) is 6.92. The maximum absolute atomic E-state index is 12.6. The van der Waals surface area contributed by atoms with Crippen molar-refractivity contribution in [2.45, 2.75) is 51.4 Å². The number of rotatable bonds is 5. The van der Waals surface area contributed by atoms with Gasteiger partial charge in [0.2, 0.25) is 0 Å². The van der Waals surface area contributed by atoms with Crippen molar-refractivity contribution in [3.05, 3.63) is 35.4 Å². The molecule has 0 aliphatic carbocycles. The zero-order valence-electron chi connectivity index (χ0n) is 13.3. The second kappa shape index (κ2) is 8.04. The van der Waals surface area contributed by atoms with E-state index in [1.807, 2.05) is 0 Å². The lowest BCUT2D eigenvalue weighted by Gasteiger charge is -2.23. The third-order valence-electron chi connectivity index (χ3n) is 2.94. The molecule has 1 amide bonds. The summed E-state index contributed by atoms with van der Waals surface area (Å²) in [5.74, 6) is 0. The van der Waals surface area contributed by atoms with E-state index in [1.165, 1.54) is 12.1 Å². The first-order valence-corrected chi connectivity index (χ1v) is 8.35. The van der Waals surface area contributed by atoms with E-state index in [9.17, 15) is 18.0 Å². The molecule has 7 heteroatoms. The van der Waals surface area contributed by atoms with Crippen molar-refractivity contribution in [1.82, 2.24) is 5.32 Å². The molecule has 0 saturated heterocycles. The van der Waals surface area contributed by atoms with Crippen molar-refractivity contribution in [1.29, 1.82) is 0 Å². The summed E-state index contributed by atoms with van der Waals surface area (Å²) in [7, 11) is 0. The Morgan fingerprint density at radius 3 is 2.22 bits per heavy atom. The van der Waals surface area contributed by atoms with E-state index in [4.69, 9.17) is 4.74 Å². The lowest BCUT2D eigenvalue weighted by Crippen LogP contribution is -2.40. The van der Waals surface area contributed by atoms with Gasteiger partial charge in [-0.05, 0) is 51.3 Å². The molecule has 1 N–H and O–H groups in total. The predicted octanol–water partition coefficient (Wildman–Crippen LogP) is 4.93. The number of hydrogen-bond acceptors (Lipinski definition) is 2. The lowest BCUT2D eigenvalue weighted by molar-refractivity contribution is -0.137. The zero-order valence-corrected chi connectivity index (χ0v) is 14.9. The number of benzene rings is 1. The molecule has 0 heterocycles. The molecule has 0 aliphatic heterocycles. The number of nitrogens with one attached hydrogen (secondary N) is 1. The second-order valence-corrected chi connectivity index (χ2v) is 7.01. The molecule has 23 heavy (non-hydrogen) atoms. The monoisotopic (exact) mass is 395 g/mol. The number of hydrogen-bond donors (Lipinski definition) is 1. The van der Waals surface area contributed by atoms with Crippen LogP contribution in [0.15, 0.2) is 24.3 Å². The minimum atomic E-state index is -4.34. The molecule has 1 aromatic rings. The average Bonchev–Trinajstić information content (AvgIpc) is 2.36. The van der Waals surface area contributed by atoms with Crippen LogP contribution in [0.1, 0.15) is 38.3 Å². The summed E-state index contributed by atoms with van der Waals surface area (Å²) in [6.45, 7) is 5.30. The number of carbonyl (C=O) groups excluding carboxylic acids is 1. The summed E-state index contributed by atoms with van der Waals surface area (Å²) in [6.07, 6.45) is -3.80. The molecule has 0 aliphatic rings.